The molecule has 0 aromatic heterocycles. The van der Waals surface area contributed by atoms with Gasteiger partial charge in [-0.1, -0.05) is 39.0 Å². The summed E-state index contributed by atoms with van der Waals surface area (Å²) >= 11 is 0. The molecule has 35 heavy (non-hydrogen) atoms. The summed E-state index contributed by atoms with van der Waals surface area (Å²) in [5, 5.41) is 2.71. The first kappa shape index (κ1) is 26.8. The number of benzene rings is 1. The molecule has 1 aromatic carbocycles. The fourth-order valence-corrected chi connectivity index (χ4v) is 4.87. The highest BCUT2D eigenvalue weighted by atomic mass is 16.5. The number of ether oxygens (including phenoxy) is 3. The van der Waals surface area contributed by atoms with E-state index in [4.69, 9.17) is 14.2 Å². The van der Waals surface area contributed by atoms with E-state index in [1.165, 1.54) is 14.2 Å². The number of methoxy groups -OCH3 is 2. The quantitative estimate of drug-likeness (QED) is 0.502. The number of unbranched alkanes of at least 4 members (excludes halogenated alkanes) is 1. The molecule has 194 valence electrons. The first-order valence-electron chi connectivity index (χ1n) is 12.7. The van der Waals surface area contributed by atoms with Crippen LogP contribution in [0.1, 0.15) is 58.3 Å². The summed E-state index contributed by atoms with van der Waals surface area (Å²) in [5.74, 6) is -0.335. The molecule has 1 atom stereocenters. The lowest BCUT2D eigenvalue weighted by molar-refractivity contribution is -0.138. The molecule has 3 amide bonds. The van der Waals surface area contributed by atoms with E-state index in [9.17, 15) is 14.4 Å². The van der Waals surface area contributed by atoms with Crippen molar-refractivity contribution in [1.29, 1.82) is 0 Å². The Bertz CT molecular complexity index is 865. The van der Waals surface area contributed by atoms with Gasteiger partial charge in [0, 0.05) is 30.9 Å². The van der Waals surface area contributed by atoms with Crippen LogP contribution < -0.4 is 14.8 Å². The Hall–Kier alpha value is -2.81. The number of ketones is 1. The van der Waals surface area contributed by atoms with Crippen LogP contribution in [0.5, 0.6) is 11.5 Å². The summed E-state index contributed by atoms with van der Waals surface area (Å²) in [6.45, 7) is 4.00. The van der Waals surface area contributed by atoms with E-state index < -0.39 is 17.7 Å². The summed E-state index contributed by atoms with van der Waals surface area (Å²) in [6.07, 6.45) is 6.94. The number of urea groups is 1. The van der Waals surface area contributed by atoms with E-state index in [1.807, 2.05) is 6.92 Å². The maximum Gasteiger partial charge on any atom is 0.321 e. The van der Waals surface area contributed by atoms with Gasteiger partial charge < -0.3 is 29.3 Å². The first-order valence-corrected chi connectivity index (χ1v) is 12.7. The van der Waals surface area contributed by atoms with Crippen LogP contribution in [0.25, 0.3) is 0 Å². The van der Waals surface area contributed by atoms with Crippen LogP contribution in [-0.2, 0) is 14.3 Å². The number of hydrogen-bond acceptors (Lipinski definition) is 6. The van der Waals surface area contributed by atoms with E-state index in [0.717, 1.165) is 44.9 Å². The van der Waals surface area contributed by atoms with Crippen LogP contribution >= 0.6 is 0 Å². The summed E-state index contributed by atoms with van der Waals surface area (Å²) in [4.78, 5) is 44.0. The van der Waals surface area contributed by atoms with E-state index in [0.29, 0.717) is 49.9 Å². The molecule has 0 spiro atoms. The minimum Gasteiger partial charge on any atom is -0.493 e. The van der Waals surface area contributed by atoms with Crippen LogP contribution in [0.4, 0.5) is 10.5 Å². The zero-order valence-corrected chi connectivity index (χ0v) is 21.2. The summed E-state index contributed by atoms with van der Waals surface area (Å²) in [7, 11) is 3.04. The fourth-order valence-electron chi connectivity index (χ4n) is 4.87. The monoisotopic (exact) mass is 489 g/mol. The number of carbonyl (C=O) groups excluding carboxylic acids is 3. The van der Waals surface area contributed by atoms with Gasteiger partial charge in [-0.25, -0.2) is 4.79 Å². The minimum absolute atomic E-state index is 0.0428. The number of carbonyl (C=O) groups is 3. The predicted molar refractivity (Wildman–Crippen MR) is 133 cm³/mol. The molecule has 0 unspecified atom stereocenters. The highest BCUT2D eigenvalue weighted by Gasteiger charge is 2.40. The fraction of sp³-hybridized carbons (Fsp3) is 0.654. The Kier molecular flexibility index (Phi) is 10.2. The van der Waals surface area contributed by atoms with Crippen molar-refractivity contribution in [3.05, 3.63) is 18.2 Å². The van der Waals surface area contributed by atoms with Crippen molar-refractivity contribution in [3.63, 3.8) is 0 Å². The van der Waals surface area contributed by atoms with Gasteiger partial charge in [0.1, 0.15) is 6.04 Å². The van der Waals surface area contributed by atoms with Crippen LogP contribution in [-0.4, -0.2) is 80.1 Å². The van der Waals surface area contributed by atoms with Crippen molar-refractivity contribution in [1.82, 2.24) is 9.80 Å². The molecule has 2 fully saturated rings. The molecule has 1 aliphatic carbocycles. The van der Waals surface area contributed by atoms with E-state index in [-0.39, 0.29) is 12.1 Å². The Labute approximate surface area is 208 Å². The summed E-state index contributed by atoms with van der Waals surface area (Å²) < 4.78 is 16.0. The predicted octanol–water partition coefficient (Wildman–Crippen LogP) is 3.86. The first-order chi connectivity index (χ1) is 17.0. The molecule has 1 aromatic rings. The number of amides is 3. The third-order valence-electron chi connectivity index (χ3n) is 6.81. The van der Waals surface area contributed by atoms with Crippen molar-refractivity contribution >= 4 is 23.4 Å². The number of rotatable bonds is 10. The number of Topliss-reactive ketones (excluding diaryl/α,β-unsaturated/α-hetero) is 1. The van der Waals surface area contributed by atoms with Crippen molar-refractivity contribution in [2.45, 2.75) is 70.4 Å². The van der Waals surface area contributed by atoms with E-state index in [2.05, 4.69) is 5.32 Å². The Morgan fingerprint density at radius 1 is 1.09 bits per heavy atom. The van der Waals surface area contributed by atoms with Gasteiger partial charge in [-0.15, -0.1) is 0 Å². The molecule has 1 saturated carbocycles. The van der Waals surface area contributed by atoms with E-state index >= 15 is 0 Å². The zero-order chi connectivity index (χ0) is 25.2. The molecular formula is C26H39N3O6. The summed E-state index contributed by atoms with van der Waals surface area (Å²) in [5.41, 5.74) is 0.430. The molecule has 1 aliphatic heterocycles. The lowest BCUT2D eigenvalue weighted by Gasteiger charge is -2.42. The molecule has 2 aliphatic rings. The number of morpholine rings is 1. The van der Waals surface area contributed by atoms with Crippen molar-refractivity contribution < 1.29 is 28.6 Å². The minimum atomic E-state index is -0.798. The molecule has 0 bridgehead atoms. The second kappa shape index (κ2) is 13.3. The van der Waals surface area contributed by atoms with Crippen molar-refractivity contribution in [2.75, 3.05) is 45.8 Å². The van der Waals surface area contributed by atoms with Gasteiger partial charge in [0.2, 0.25) is 5.78 Å². The third kappa shape index (κ3) is 6.87. The third-order valence-corrected chi connectivity index (χ3v) is 6.81. The molecule has 9 nitrogen and oxygen atoms in total. The highest BCUT2D eigenvalue weighted by Crippen LogP contribution is 2.31. The maximum absolute atomic E-state index is 13.7. The van der Waals surface area contributed by atoms with Crippen molar-refractivity contribution in [2.24, 2.45) is 0 Å². The lowest BCUT2D eigenvalue weighted by atomic mass is 9.91. The Morgan fingerprint density at radius 2 is 1.77 bits per heavy atom. The Balaban J connectivity index is 1.85. The van der Waals surface area contributed by atoms with Gasteiger partial charge in [-0.2, -0.15) is 0 Å². The van der Waals surface area contributed by atoms with Crippen LogP contribution in [0, 0.1) is 0 Å². The lowest BCUT2D eigenvalue weighted by Crippen LogP contribution is -2.59. The normalized spacial score (nSPS) is 17.4. The van der Waals surface area contributed by atoms with Gasteiger partial charge in [-0.05, 0) is 31.4 Å². The average molecular weight is 490 g/mol. The van der Waals surface area contributed by atoms with Crippen LogP contribution in [0.15, 0.2) is 18.2 Å². The SMILES string of the molecule is CCCC[C@@H](C(=O)C(=O)Nc1ccc(OC)c(OC)c1)N(C(=O)N1CCOCC1)C1CCCCC1. The summed E-state index contributed by atoms with van der Waals surface area (Å²) in [6, 6.07) is 3.94. The number of hydrogen-bond donors (Lipinski definition) is 1. The smallest absolute Gasteiger partial charge is 0.321 e. The number of nitrogens with zero attached hydrogens (tertiary/aromatic N) is 2. The Morgan fingerprint density at radius 3 is 2.40 bits per heavy atom. The molecule has 1 N–H and O–H groups in total. The topological polar surface area (TPSA) is 97.4 Å². The molecular weight excluding hydrogens is 450 g/mol. The zero-order valence-electron chi connectivity index (χ0n) is 21.2. The number of anilines is 1. The van der Waals surface area contributed by atoms with E-state index in [1.54, 1.807) is 28.0 Å². The van der Waals surface area contributed by atoms with Gasteiger partial charge in [-0.3, -0.25) is 9.59 Å². The average Bonchev–Trinajstić information content (AvgIpc) is 2.91. The molecule has 3 rings (SSSR count). The second-order valence-electron chi connectivity index (χ2n) is 9.13. The maximum atomic E-state index is 13.7. The van der Waals surface area contributed by atoms with Crippen LogP contribution in [0.2, 0.25) is 0 Å². The molecule has 1 saturated heterocycles. The molecule has 9 heteroatoms. The van der Waals surface area contributed by atoms with Crippen LogP contribution in [0.3, 0.4) is 0 Å². The van der Waals surface area contributed by atoms with Gasteiger partial charge in [0.05, 0.1) is 27.4 Å². The molecule has 0 radical (unpaired) electrons. The second-order valence-corrected chi connectivity index (χ2v) is 9.13. The molecule has 1 heterocycles. The van der Waals surface area contributed by atoms with Crippen molar-refractivity contribution in [3.8, 4) is 11.5 Å². The number of nitrogens with one attached hydrogen (secondary N) is 1. The van der Waals surface area contributed by atoms with Gasteiger partial charge >= 0.3 is 6.03 Å². The standard InChI is InChI=1S/C26H39N3O6/c1-4-5-11-21(24(30)25(31)27-19-12-13-22(33-2)23(18-19)34-3)29(20-9-7-6-8-10-20)26(32)28-14-16-35-17-15-28/h12-13,18,20-21H,4-11,14-17H2,1-3H3,(H,27,31)/t21-/m0/s1. The van der Waals surface area contributed by atoms with Gasteiger partial charge in [0.25, 0.3) is 5.91 Å². The van der Waals surface area contributed by atoms with Gasteiger partial charge in [0.15, 0.2) is 11.5 Å². The largest absolute Gasteiger partial charge is 0.493 e. The highest BCUT2D eigenvalue weighted by molar-refractivity contribution is 6.42.